The Morgan fingerprint density at radius 2 is 1.34 bits per heavy atom. The molecule has 0 saturated heterocycles. The van der Waals surface area contributed by atoms with Crippen molar-refractivity contribution in [3.8, 4) is 0 Å². The fourth-order valence-electron chi connectivity index (χ4n) is 2.95. The molecule has 2 N–H and O–H groups in total. The molecule has 5 heteroatoms. The van der Waals surface area contributed by atoms with Crippen molar-refractivity contribution in [1.82, 2.24) is 4.98 Å². The van der Waals surface area contributed by atoms with E-state index >= 15 is 0 Å². The van der Waals surface area contributed by atoms with Gasteiger partial charge in [0.2, 0.25) is 0 Å². The molecule has 0 aliphatic heterocycles. The number of hydrogen-bond donors (Lipinski definition) is 2. The average molecular weight is 387 g/mol. The number of pyridine rings is 1. The lowest BCUT2D eigenvalue weighted by Crippen LogP contribution is -2.21. The van der Waals surface area contributed by atoms with Crippen LogP contribution in [-0.2, 0) is 5.41 Å². The van der Waals surface area contributed by atoms with Gasteiger partial charge in [0.25, 0.3) is 11.8 Å². The average Bonchev–Trinajstić information content (AvgIpc) is 2.69. The molecule has 3 aromatic rings. The van der Waals surface area contributed by atoms with Gasteiger partial charge < -0.3 is 10.6 Å². The molecule has 1 aromatic heterocycles. The van der Waals surface area contributed by atoms with E-state index in [0.717, 1.165) is 16.8 Å². The van der Waals surface area contributed by atoms with Crippen LogP contribution in [0.3, 0.4) is 0 Å². The van der Waals surface area contributed by atoms with Crippen molar-refractivity contribution in [2.75, 3.05) is 10.6 Å². The van der Waals surface area contributed by atoms with E-state index in [9.17, 15) is 9.59 Å². The van der Waals surface area contributed by atoms with Gasteiger partial charge in [0.05, 0.1) is 0 Å². The Morgan fingerprint density at radius 3 is 1.97 bits per heavy atom. The van der Waals surface area contributed by atoms with E-state index < -0.39 is 0 Å². The Hall–Kier alpha value is -3.47. The fraction of sp³-hybridized carbons (Fsp3) is 0.208. The lowest BCUT2D eigenvalue weighted by molar-refractivity contribution is 0.101. The number of amides is 2. The SMILES string of the molecule is Cc1ccc(NC(=O)c2cccc(C(=O)Nc3ccccc3C(C)(C)C)n2)cc1. The van der Waals surface area contributed by atoms with Gasteiger partial charge in [0.1, 0.15) is 11.4 Å². The number of aryl methyl sites for hydroxylation is 1. The summed E-state index contributed by atoms with van der Waals surface area (Å²) in [6.07, 6.45) is 0. The zero-order chi connectivity index (χ0) is 21.0. The highest BCUT2D eigenvalue weighted by Crippen LogP contribution is 2.29. The van der Waals surface area contributed by atoms with Crippen LogP contribution in [0, 0.1) is 6.92 Å². The maximum absolute atomic E-state index is 12.8. The summed E-state index contributed by atoms with van der Waals surface area (Å²) in [5.41, 5.74) is 3.80. The molecule has 3 rings (SSSR count). The van der Waals surface area contributed by atoms with Crippen molar-refractivity contribution in [2.45, 2.75) is 33.1 Å². The third-order valence-corrected chi connectivity index (χ3v) is 4.51. The van der Waals surface area contributed by atoms with E-state index in [-0.39, 0.29) is 28.6 Å². The predicted octanol–water partition coefficient (Wildman–Crippen LogP) is 5.19. The van der Waals surface area contributed by atoms with Crippen LogP contribution in [0.1, 0.15) is 52.9 Å². The molecular formula is C24H25N3O2. The van der Waals surface area contributed by atoms with E-state index in [1.807, 2.05) is 55.5 Å². The number of nitrogens with zero attached hydrogens (tertiary/aromatic N) is 1. The molecule has 0 bridgehead atoms. The fourth-order valence-corrected chi connectivity index (χ4v) is 2.95. The van der Waals surface area contributed by atoms with E-state index in [1.165, 1.54) is 0 Å². The molecule has 0 radical (unpaired) electrons. The number of rotatable bonds is 4. The maximum atomic E-state index is 12.8. The first-order valence-electron chi connectivity index (χ1n) is 9.50. The molecule has 5 nitrogen and oxygen atoms in total. The first-order chi connectivity index (χ1) is 13.7. The minimum absolute atomic E-state index is 0.118. The van der Waals surface area contributed by atoms with Crippen LogP contribution in [0.15, 0.2) is 66.7 Å². The van der Waals surface area contributed by atoms with Crippen molar-refractivity contribution in [2.24, 2.45) is 0 Å². The van der Waals surface area contributed by atoms with Crippen molar-refractivity contribution < 1.29 is 9.59 Å². The third kappa shape index (κ3) is 5.08. The van der Waals surface area contributed by atoms with Gasteiger partial charge in [-0.3, -0.25) is 9.59 Å². The Kier molecular flexibility index (Phi) is 5.78. The van der Waals surface area contributed by atoms with Crippen LogP contribution in [-0.4, -0.2) is 16.8 Å². The molecule has 2 amide bonds. The normalized spacial score (nSPS) is 11.0. The van der Waals surface area contributed by atoms with Gasteiger partial charge in [-0.1, -0.05) is 62.7 Å². The summed E-state index contributed by atoms with van der Waals surface area (Å²) in [5.74, 6) is -0.717. The summed E-state index contributed by atoms with van der Waals surface area (Å²) in [4.78, 5) is 29.5. The molecule has 0 spiro atoms. The van der Waals surface area contributed by atoms with Crippen molar-refractivity contribution in [3.63, 3.8) is 0 Å². The molecule has 1 heterocycles. The number of nitrogens with one attached hydrogen (secondary N) is 2. The summed E-state index contributed by atoms with van der Waals surface area (Å²) in [6.45, 7) is 8.25. The van der Waals surface area contributed by atoms with Crippen molar-refractivity contribution in [1.29, 1.82) is 0 Å². The van der Waals surface area contributed by atoms with Crippen molar-refractivity contribution >= 4 is 23.2 Å². The van der Waals surface area contributed by atoms with Gasteiger partial charge in [0.15, 0.2) is 0 Å². The standard InChI is InChI=1S/C24H25N3O2/c1-16-12-14-17(15-13-16)25-22(28)20-10-7-11-21(26-20)23(29)27-19-9-6-5-8-18(19)24(2,3)4/h5-15H,1-4H3,(H,25,28)(H,27,29). The van der Waals surface area contributed by atoms with Crippen LogP contribution < -0.4 is 10.6 Å². The second-order valence-electron chi connectivity index (χ2n) is 7.98. The second-order valence-corrected chi connectivity index (χ2v) is 7.98. The number of benzene rings is 2. The van der Waals surface area contributed by atoms with Gasteiger partial charge in [-0.25, -0.2) is 4.98 Å². The topological polar surface area (TPSA) is 71.1 Å². The molecule has 29 heavy (non-hydrogen) atoms. The first kappa shape index (κ1) is 20.3. The molecule has 0 aliphatic rings. The van der Waals surface area contributed by atoms with E-state index in [0.29, 0.717) is 5.69 Å². The summed E-state index contributed by atoms with van der Waals surface area (Å²) in [5, 5.41) is 5.72. The van der Waals surface area contributed by atoms with Gasteiger partial charge in [-0.05, 0) is 48.2 Å². The van der Waals surface area contributed by atoms with Gasteiger partial charge in [-0.15, -0.1) is 0 Å². The van der Waals surface area contributed by atoms with Crippen molar-refractivity contribution in [3.05, 3.63) is 89.2 Å². The Balaban J connectivity index is 1.78. The maximum Gasteiger partial charge on any atom is 0.274 e. The van der Waals surface area contributed by atoms with Crippen LogP contribution in [0.25, 0.3) is 0 Å². The Morgan fingerprint density at radius 1 is 0.759 bits per heavy atom. The molecule has 0 unspecified atom stereocenters. The molecule has 0 aliphatic carbocycles. The first-order valence-corrected chi connectivity index (χ1v) is 9.50. The number of aromatic nitrogens is 1. The lowest BCUT2D eigenvalue weighted by Gasteiger charge is -2.22. The highest BCUT2D eigenvalue weighted by atomic mass is 16.2. The second kappa shape index (κ2) is 8.27. The third-order valence-electron chi connectivity index (χ3n) is 4.51. The van der Waals surface area contributed by atoms with Gasteiger partial charge >= 0.3 is 0 Å². The lowest BCUT2D eigenvalue weighted by atomic mass is 9.86. The number of anilines is 2. The minimum atomic E-state index is -0.362. The summed E-state index contributed by atoms with van der Waals surface area (Å²) < 4.78 is 0. The number of para-hydroxylation sites is 1. The van der Waals surface area contributed by atoms with Crippen LogP contribution in [0.2, 0.25) is 0 Å². The van der Waals surface area contributed by atoms with Crippen LogP contribution >= 0.6 is 0 Å². The largest absolute Gasteiger partial charge is 0.321 e. The van der Waals surface area contributed by atoms with E-state index in [2.05, 4.69) is 36.4 Å². The summed E-state index contributed by atoms with van der Waals surface area (Å²) in [6, 6.07) is 20.0. The van der Waals surface area contributed by atoms with Gasteiger partial charge in [0, 0.05) is 11.4 Å². The smallest absolute Gasteiger partial charge is 0.274 e. The zero-order valence-electron chi connectivity index (χ0n) is 17.1. The molecule has 0 fully saturated rings. The molecule has 2 aromatic carbocycles. The number of hydrogen-bond acceptors (Lipinski definition) is 3. The molecule has 148 valence electrons. The number of carbonyl (C=O) groups excluding carboxylic acids is 2. The highest BCUT2D eigenvalue weighted by molar-refractivity contribution is 6.06. The quantitative estimate of drug-likeness (QED) is 0.647. The van der Waals surface area contributed by atoms with E-state index in [1.54, 1.807) is 18.2 Å². The predicted molar refractivity (Wildman–Crippen MR) is 116 cm³/mol. The Bertz CT molecular complexity index is 1030. The van der Waals surface area contributed by atoms with E-state index in [4.69, 9.17) is 0 Å². The summed E-state index contributed by atoms with van der Waals surface area (Å²) in [7, 11) is 0. The minimum Gasteiger partial charge on any atom is -0.321 e. The number of carbonyl (C=O) groups is 2. The van der Waals surface area contributed by atoms with Gasteiger partial charge in [-0.2, -0.15) is 0 Å². The molecule has 0 saturated carbocycles. The molecular weight excluding hydrogens is 362 g/mol. The Labute approximate surface area is 171 Å². The summed E-state index contributed by atoms with van der Waals surface area (Å²) >= 11 is 0. The highest BCUT2D eigenvalue weighted by Gasteiger charge is 2.20. The molecule has 0 atom stereocenters. The zero-order valence-corrected chi connectivity index (χ0v) is 17.1. The monoisotopic (exact) mass is 387 g/mol. The van der Waals surface area contributed by atoms with Crippen LogP contribution in [0.4, 0.5) is 11.4 Å². The van der Waals surface area contributed by atoms with Crippen LogP contribution in [0.5, 0.6) is 0 Å².